The molecule has 142 valence electrons. The molecule has 5 nitrogen and oxygen atoms in total. The third-order valence-corrected chi connectivity index (χ3v) is 5.77. The zero-order valence-electron chi connectivity index (χ0n) is 16.2. The molecule has 2 heterocycles. The van der Waals surface area contributed by atoms with Crippen LogP contribution in [-0.4, -0.2) is 27.7 Å². The van der Waals surface area contributed by atoms with Gasteiger partial charge in [-0.25, -0.2) is 0 Å². The van der Waals surface area contributed by atoms with Crippen molar-refractivity contribution in [3.05, 3.63) is 74.5 Å². The van der Waals surface area contributed by atoms with Gasteiger partial charge in [0.2, 0.25) is 4.96 Å². The average Bonchev–Trinajstić information content (AvgIpc) is 3.24. The summed E-state index contributed by atoms with van der Waals surface area (Å²) in [5.41, 5.74) is 4.15. The van der Waals surface area contributed by atoms with Gasteiger partial charge in [-0.3, -0.25) is 4.79 Å². The van der Waals surface area contributed by atoms with Crippen LogP contribution in [0.5, 0.6) is 0 Å². The fourth-order valence-corrected chi connectivity index (χ4v) is 4.09. The number of anilines is 1. The topological polar surface area (TPSA) is 50.5 Å². The Morgan fingerprint density at radius 2 is 1.71 bits per heavy atom. The molecule has 6 heteroatoms. The molecular formula is C22H22N4OS. The second-order valence-electron chi connectivity index (χ2n) is 6.68. The van der Waals surface area contributed by atoms with Gasteiger partial charge in [0.25, 0.3) is 5.56 Å². The molecule has 28 heavy (non-hydrogen) atoms. The number of thiazole rings is 1. The standard InChI is InChI=1S/C22H22N4OS/c1-4-25(5-2)18-12-8-16(9-13-18)14-19-21(27)26-22(28-19)23-20(24-26)17-10-6-15(3)7-11-17/h6-14H,4-5H2,1-3H3/b19-14+. The lowest BCUT2D eigenvalue weighted by molar-refractivity contribution is 0.866. The van der Waals surface area contributed by atoms with Crippen LogP contribution in [0.15, 0.2) is 53.3 Å². The summed E-state index contributed by atoms with van der Waals surface area (Å²) in [4.78, 5) is 20.2. The van der Waals surface area contributed by atoms with Crippen molar-refractivity contribution in [3.63, 3.8) is 0 Å². The van der Waals surface area contributed by atoms with Crippen molar-refractivity contribution in [1.82, 2.24) is 14.6 Å². The Morgan fingerprint density at radius 3 is 2.32 bits per heavy atom. The molecule has 4 rings (SSSR count). The molecule has 0 radical (unpaired) electrons. The highest BCUT2D eigenvalue weighted by atomic mass is 32.1. The van der Waals surface area contributed by atoms with Crippen LogP contribution in [0.1, 0.15) is 25.0 Å². The van der Waals surface area contributed by atoms with Gasteiger partial charge >= 0.3 is 0 Å². The van der Waals surface area contributed by atoms with Crippen molar-refractivity contribution in [2.75, 3.05) is 18.0 Å². The van der Waals surface area contributed by atoms with Crippen molar-refractivity contribution in [2.24, 2.45) is 0 Å². The first-order valence-corrected chi connectivity index (χ1v) is 10.2. The highest BCUT2D eigenvalue weighted by Crippen LogP contribution is 2.18. The van der Waals surface area contributed by atoms with E-state index in [1.165, 1.54) is 27.1 Å². The molecule has 0 unspecified atom stereocenters. The predicted molar refractivity (Wildman–Crippen MR) is 116 cm³/mol. The van der Waals surface area contributed by atoms with Crippen LogP contribution in [0.2, 0.25) is 0 Å². The lowest BCUT2D eigenvalue weighted by Gasteiger charge is -2.20. The van der Waals surface area contributed by atoms with Crippen LogP contribution in [0.3, 0.4) is 0 Å². The molecule has 0 aliphatic carbocycles. The summed E-state index contributed by atoms with van der Waals surface area (Å²) in [6.07, 6.45) is 1.90. The summed E-state index contributed by atoms with van der Waals surface area (Å²) in [7, 11) is 0. The number of rotatable bonds is 5. The molecule has 4 aromatic rings. The van der Waals surface area contributed by atoms with Crippen LogP contribution in [0, 0.1) is 6.92 Å². The first-order valence-electron chi connectivity index (χ1n) is 9.42. The molecule has 0 N–H and O–H groups in total. The molecule has 0 saturated heterocycles. The third kappa shape index (κ3) is 3.43. The molecule has 2 aromatic carbocycles. The predicted octanol–water partition coefficient (Wildman–Crippen LogP) is 3.52. The van der Waals surface area contributed by atoms with Gasteiger partial charge in [-0.2, -0.15) is 9.50 Å². The molecule has 2 aromatic heterocycles. The maximum atomic E-state index is 12.7. The summed E-state index contributed by atoms with van der Waals surface area (Å²) in [5.74, 6) is 0.582. The van der Waals surface area contributed by atoms with Crippen molar-refractivity contribution in [2.45, 2.75) is 20.8 Å². The van der Waals surface area contributed by atoms with Crippen LogP contribution < -0.4 is 15.0 Å². The number of aryl methyl sites for hydroxylation is 1. The fourth-order valence-electron chi connectivity index (χ4n) is 3.18. The molecule has 0 saturated carbocycles. The lowest BCUT2D eigenvalue weighted by atomic mass is 10.1. The monoisotopic (exact) mass is 390 g/mol. The normalized spacial score (nSPS) is 12.0. The SMILES string of the molecule is CCN(CC)c1ccc(/C=c2/sc3nc(-c4ccc(C)cc4)nn3c2=O)cc1. The largest absolute Gasteiger partial charge is 0.372 e. The quantitative estimate of drug-likeness (QED) is 0.523. The van der Waals surface area contributed by atoms with Gasteiger partial charge in [-0.1, -0.05) is 53.3 Å². The van der Waals surface area contributed by atoms with Crippen molar-refractivity contribution in [3.8, 4) is 11.4 Å². The summed E-state index contributed by atoms with van der Waals surface area (Å²) in [6, 6.07) is 16.3. The number of hydrogen-bond acceptors (Lipinski definition) is 5. The summed E-state index contributed by atoms with van der Waals surface area (Å²) in [6.45, 7) is 8.28. The van der Waals surface area contributed by atoms with Crippen molar-refractivity contribution in [1.29, 1.82) is 0 Å². The first kappa shape index (κ1) is 18.4. The summed E-state index contributed by atoms with van der Waals surface area (Å²) >= 11 is 1.37. The lowest BCUT2D eigenvalue weighted by Crippen LogP contribution is -2.23. The van der Waals surface area contributed by atoms with E-state index in [0.29, 0.717) is 15.3 Å². The molecular weight excluding hydrogens is 368 g/mol. The van der Waals surface area contributed by atoms with E-state index in [0.717, 1.165) is 24.2 Å². The minimum atomic E-state index is -0.126. The number of aromatic nitrogens is 3. The average molecular weight is 391 g/mol. The highest BCUT2D eigenvalue weighted by molar-refractivity contribution is 7.15. The van der Waals surface area contributed by atoms with E-state index in [4.69, 9.17) is 0 Å². The summed E-state index contributed by atoms with van der Waals surface area (Å²) in [5, 5.41) is 4.41. The molecule has 0 bridgehead atoms. The smallest absolute Gasteiger partial charge is 0.291 e. The zero-order chi connectivity index (χ0) is 19.7. The van der Waals surface area contributed by atoms with Gasteiger partial charge < -0.3 is 4.90 Å². The van der Waals surface area contributed by atoms with Gasteiger partial charge in [-0.15, -0.1) is 5.10 Å². The minimum absolute atomic E-state index is 0.126. The maximum absolute atomic E-state index is 12.7. The molecule has 0 spiro atoms. The van der Waals surface area contributed by atoms with Gasteiger partial charge in [0.15, 0.2) is 5.82 Å². The van der Waals surface area contributed by atoms with E-state index in [1.54, 1.807) is 0 Å². The molecule has 0 aliphatic heterocycles. The van der Waals surface area contributed by atoms with Gasteiger partial charge in [0, 0.05) is 24.3 Å². The summed E-state index contributed by atoms with van der Waals surface area (Å²) < 4.78 is 2.04. The van der Waals surface area contributed by atoms with E-state index < -0.39 is 0 Å². The van der Waals surface area contributed by atoms with E-state index in [2.05, 4.69) is 41.0 Å². The number of benzene rings is 2. The van der Waals surface area contributed by atoms with Crippen LogP contribution in [-0.2, 0) is 0 Å². The van der Waals surface area contributed by atoms with Crippen LogP contribution in [0.25, 0.3) is 22.4 Å². The van der Waals surface area contributed by atoms with Gasteiger partial charge in [-0.05, 0) is 44.5 Å². The Bertz CT molecular complexity index is 1200. The minimum Gasteiger partial charge on any atom is -0.372 e. The molecule has 0 aliphatic rings. The Balaban J connectivity index is 1.68. The Kier molecular flexibility index (Phi) is 4.96. The maximum Gasteiger partial charge on any atom is 0.291 e. The van der Waals surface area contributed by atoms with E-state index in [-0.39, 0.29) is 5.56 Å². The van der Waals surface area contributed by atoms with E-state index in [1.807, 2.05) is 49.4 Å². The fraction of sp³-hybridized carbons (Fsp3) is 0.227. The zero-order valence-corrected chi connectivity index (χ0v) is 17.0. The number of hydrogen-bond donors (Lipinski definition) is 0. The highest BCUT2D eigenvalue weighted by Gasteiger charge is 2.12. The van der Waals surface area contributed by atoms with Crippen molar-refractivity contribution >= 4 is 28.1 Å². The second kappa shape index (κ2) is 7.56. The van der Waals surface area contributed by atoms with Gasteiger partial charge in [0.05, 0.1) is 4.53 Å². The number of fused-ring (bicyclic) bond motifs is 1. The molecule has 0 amide bonds. The third-order valence-electron chi connectivity index (χ3n) is 4.81. The molecule has 0 fully saturated rings. The van der Waals surface area contributed by atoms with E-state index in [9.17, 15) is 4.79 Å². The van der Waals surface area contributed by atoms with Crippen LogP contribution in [0.4, 0.5) is 5.69 Å². The van der Waals surface area contributed by atoms with E-state index >= 15 is 0 Å². The first-order chi connectivity index (χ1) is 13.6. The Morgan fingerprint density at radius 1 is 1.04 bits per heavy atom. The van der Waals surface area contributed by atoms with Crippen molar-refractivity contribution < 1.29 is 0 Å². The molecule has 0 atom stereocenters. The second-order valence-corrected chi connectivity index (χ2v) is 7.68. The van der Waals surface area contributed by atoms with Crippen LogP contribution >= 0.6 is 11.3 Å². The Hall–Kier alpha value is -2.99. The Labute approximate surface area is 167 Å². The number of nitrogens with zero attached hydrogens (tertiary/aromatic N) is 4. The van der Waals surface area contributed by atoms with Gasteiger partial charge in [0.1, 0.15) is 0 Å².